The summed E-state index contributed by atoms with van der Waals surface area (Å²) in [5.41, 5.74) is 1.15. The summed E-state index contributed by atoms with van der Waals surface area (Å²) in [4.78, 5) is 0.982. The van der Waals surface area contributed by atoms with E-state index in [9.17, 15) is 0 Å². The zero-order valence-electron chi connectivity index (χ0n) is 5.34. The van der Waals surface area contributed by atoms with Crippen molar-refractivity contribution in [2.45, 2.75) is 4.90 Å². The lowest BCUT2D eigenvalue weighted by Crippen LogP contribution is -1.77. The van der Waals surface area contributed by atoms with Crippen LogP contribution >= 0.6 is 35.2 Å². The Kier molecular flexibility index (Phi) is 2.80. The topological polar surface area (TPSA) is 0 Å². The third kappa shape index (κ3) is 1.76. The van der Waals surface area contributed by atoms with Gasteiger partial charge in [0, 0.05) is 8.47 Å². The van der Waals surface area contributed by atoms with Gasteiger partial charge >= 0.3 is 0 Å². The van der Waals surface area contributed by atoms with Gasteiger partial charge in [-0.25, -0.2) is 0 Å². The van der Waals surface area contributed by atoms with Gasteiger partial charge < -0.3 is 0 Å². The number of hydrogen-bond acceptors (Lipinski definition) is 1. The number of halogens is 1. The Hall–Kier alpha value is 0.0400. The summed E-state index contributed by atoms with van der Waals surface area (Å²) in [5, 5.41) is 0. The fraction of sp³-hybridized carbons (Fsp3) is 0. The SMILES string of the molecule is C=Cc1cc(S)ccc1I. The first kappa shape index (κ1) is 8.14. The minimum Gasteiger partial charge on any atom is -0.143 e. The molecule has 0 aliphatic heterocycles. The Balaban J connectivity index is 3.21. The first-order valence-electron chi connectivity index (χ1n) is 2.85. The maximum Gasteiger partial charge on any atom is 0.0203 e. The number of hydrogen-bond donors (Lipinski definition) is 1. The molecule has 0 nitrogen and oxygen atoms in total. The molecule has 0 heterocycles. The van der Waals surface area contributed by atoms with Crippen molar-refractivity contribution in [2.75, 3.05) is 0 Å². The van der Waals surface area contributed by atoms with Crippen molar-refractivity contribution in [3.05, 3.63) is 33.9 Å². The zero-order chi connectivity index (χ0) is 7.56. The Labute approximate surface area is 79.9 Å². The van der Waals surface area contributed by atoms with Crippen LogP contribution in [-0.4, -0.2) is 0 Å². The number of benzene rings is 1. The van der Waals surface area contributed by atoms with Gasteiger partial charge in [0.1, 0.15) is 0 Å². The summed E-state index contributed by atoms with van der Waals surface area (Å²) in [5.74, 6) is 0. The molecular weight excluding hydrogens is 255 g/mol. The van der Waals surface area contributed by atoms with Crippen molar-refractivity contribution in [1.82, 2.24) is 0 Å². The molecule has 2 heteroatoms. The predicted molar refractivity (Wildman–Crippen MR) is 56.5 cm³/mol. The van der Waals surface area contributed by atoms with Crippen LogP contribution < -0.4 is 0 Å². The normalized spacial score (nSPS) is 9.40. The van der Waals surface area contributed by atoms with Gasteiger partial charge in [-0.2, -0.15) is 0 Å². The van der Waals surface area contributed by atoms with Crippen molar-refractivity contribution in [2.24, 2.45) is 0 Å². The second-order valence-corrected chi connectivity index (χ2v) is 3.59. The number of rotatable bonds is 1. The van der Waals surface area contributed by atoms with E-state index in [0.29, 0.717) is 0 Å². The highest BCUT2D eigenvalue weighted by Gasteiger charge is 1.93. The lowest BCUT2D eigenvalue weighted by molar-refractivity contribution is 1.43. The highest BCUT2D eigenvalue weighted by atomic mass is 127. The van der Waals surface area contributed by atoms with E-state index in [2.05, 4.69) is 41.8 Å². The summed E-state index contributed by atoms with van der Waals surface area (Å²) in [6, 6.07) is 6.00. The first-order valence-corrected chi connectivity index (χ1v) is 4.37. The molecule has 0 radical (unpaired) electrons. The molecule has 1 rings (SSSR count). The van der Waals surface area contributed by atoms with E-state index in [1.54, 1.807) is 0 Å². The highest BCUT2D eigenvalue weighted by molar-refractivity contribution is 14.1. The van der Waals surface area contributed by atoms with Gasteiger partial charge in [-0.05, 0) is 46.4 Å². The lowest BCUT2D eigenvalue weighted by atomic mass is 10.2. The van der Waals surface area contributed by atoms with Gasteiger partial charge in [-0.15, -0.1) is 12.6 Å². The second-order valence-electron chi connectivity index (χ2n) is 1.91. The van der Waals surface area contributed by atoms with Gasteiger partial charge in [0.2, 0.25) is 0 Å². The molecule has 0 aliphatic rings. The maximum absolute atomic E-state index is 4.20. The van der Waals surface area contributed by atoms with Crippen molar-refractivity contribution in [3.8, 4) is 0 Å². The van der Waals surface area contributed by atoms with Gasteiger partial charge in [-0.1, -0.05) is 12.7 Å². The largest absolute Gasteiger partial charge is 0.143 e. The van der Waals surface area contributed by atoms with Gasteiger partial charge in [0.15, 0.2) is 0 Å². The van der Waals surface area contributed by atoms with Crippen molar-refractivity contribution in [3.63, 3.8) is 0 Å². The molecule has 0 aliphatic carbocycles. The minimum atomic E-state index is 0.982. The average molecular weight is 262 g/mol. The fourth-order valence-corrected chi connectivity index (χ4v) is 1.46. The maximum atomic E-state index is 4.20. The molecule has 0 aromatic heterocycles. The lowest BCUT2D eigenvalue weighted by Gasteiger charge is -1.97. The predicted octanol–water partition coefficient (Wildman–Crippen LogP) is 3.22. The molecule has 0 bridgehead atoms. The van der Waals surface area contributed by atoms with Crippen LogP contribution in [0.25, 0.3) is 6.08 Å². The van der Waals surface area contributed by atoms with Crippen LogP contribution in [0.4, 0.5) is 0 Å². The summed E-state index contributed by atoms with van der Waals surface area (Å²) in [6.45, 7) is 3.69. The van der Waals surface area contributed by atoms with Crippen LogP contribution in [0.1, 0.15) is 5.56 Å². The van der Waals surface area contributed by atoms with Crippen molar-refractivity contribution < 1.29 is 0 Å². The standard InChI is InChI=1S/C8H7IS/c1-2-6-5-7(10)3-4-8(6)9/h2-5,10H,1H2. The quantitative estimate of drug-likeness (QED) is 0.583. The summed E-state index contributed by atoms with van der Waals surface area (Å²) >= 11 is 6.48. The number of thiol groups is 1. The Morgan fingerprint density at radius 1 is 1.50 bits per heavy atom. The molecule has 52 valence electrons. The average Bonchev–Trinajstić information content (AvgIpc) is 1.94. The Morgan fingerprint density at radius 3 is 2.70 bits per heavy atom. The van der Waals surface area contributed by atoms with E-state index < -0.39 is 0 Å². The van der Waals surface area contributed by atoms with Crippen molar-refractivity contribution >= 4 is 41.3 Å². The Bertz CT molecular complexity index is 255. The fourth-order valence-electron chi connectivity index (χ4n) is 0.688. The van der Waals surface area contributed by atoms with E-state index >= 15 is 0 Å². The van der Waals surface area contributed by atoms with Gasteiger partial charge in [-0.3, -0.25) is 0 Å². The van der Waals surface area contributed by atoms with E-state index in [-0.39, 0.29) is 0 Å². The molecule has 0 unspecified atom stereocenters. The molecule has 0 fully saturated rings. The molecule has 0 N–H and O–H groups in total. The van der Waals surface area contributed by atoms with Crippen LogP contribution in [0.15, 0.2) is 29.7 Å². The molecule has 0 spiro atoms. The molecule has 1 aromatic carbocycles. The second kappa shape index (κ2) is 3.44. The van der Waals surface area contributed by atoms with Crippen molar-refractivity contribution in [1.29, 1.82) is 0 Å². The smallest absolute Gasteiger partial charge is 0.0203 e. The van der Waals surface area contributed by atoms with Crippen LogP contribution in [0.5, 0.6) is 0 Å². The van der Waals surface area contributed by atoms with E-state index in [1.165, 1.54) is 3.57 Å². The van der Waals surface area contributed by atoms with Crippen LogP contribution in [0.3, 0.4) is 0 Å². The van der Waals surface area contributed by atoms with Crippen LogP contribution in [-0.2, 0) is 0 Å². The first-order chi connectivity index (χ1) is 4.74. The van der Waals surface area contributed by atoms with Gasteiger partial charge in [0.05, 0.1) is 0 Å². The van der Waals surface area contributed by atoms with E-state index in [1.807, 2.05) is 24.3 Å². The molecule has 0 saturated heterocycles. The monoisotopic (exact) mass is 262 g/mol. The molecule has 0 saturated carbocycles. The van der Waals surface area contributed by atoms with Crippen LogP contribution in [0, 0.1) is 3.57 Å². The molecule has 1 aromatic rings. The summed E-state index contributed by atoms with van der Waals surface area (Å²) in [6.07, 6.45) is 1.83. The van der Waals surface area contributed by atoms with E-state index in [4.69, 9.17) is 0 Å². The summed E-state index contributed by atoms with van der Waals surface area (Å²) in [7, 11) is 0. The van der Waals surface area contributed by atoms with Gasteiger partial charge in [0.25, 0.3) is 0 Å². The zero-order valence-corrected chi connectivity index (χ0v) is 8.39. The summed E-state index contributed by atoms with van der Waals surface area (Å²) < 4.78 is 1.21. The molecular formula is C8H7IS. The highest BCUT2D eigenvalue weighted by Crippen LogP contribution is 2.17. The molecule has 10 heavy (non-hydrogen) atoms. The third-order valence-electron chi connectivity index (χ3n) is 1.20. The van der Waals surface area contributed by atoms with E-state index in [0.717, 1.165) is 10.5 Å². The Morgan fingerprint density at radius 2 is 2.20 bits per heavy atom. The van der Waals surface area contributed by atoms with Crippen LogP contribution in [0.2, 0.25) is 0 Å². The molecule has 0 amide bonds. The molecule has 0 atom stereocenters. The minimum absolute atomic E-state index is 0.982. The third-order valence-corrected chi connectivity index (χ3v) is 2.46.